The van der Waals surface area contributed by atoms with Gasteiger partial charge in [-0.2, -0.15) is 0 Å². The maximum atomic E-state index is 10.7. The van der Waals surface area contributed by atoms with Crippen LogP contribution in [0.25, 0.3) is 0 Å². The molecule has 0 amide bonds. The van der Waals surface area contributed by atoms with E-state index in [1.807, 2.05) is 0 Å². The normalized spacial score (nSPS) is 48.2. The lowest BCUT2D eigenvalue weighted by Gasteiger charge is -2.53. The highest BCUT2D eigenvalue weighted by Crippen LogP contribution is 2.83. The van der Waals surface area contributed by atoms with Gasteiger partial charge in [0, 0.05) is 25.2 Å². The fourth-order valence-electron chi connectivity index (χ4n) is 5.98. The standard InChI is InChI=1S/C18H25NO/c1-17-10-9-13-14(16(17)20)15(18(13,17)2)11-5-7-12(8-6-11)19(3)4/h5-8,13-16,20H,9-10H2,1-4H3. The molecular weight excluding hydrogens is 246 g/mol. The van der Waals surface area contributed by atoms with Crippen molar-refractivity contribution in [2.24, 2.45) is 22.7 Å². The summed E-state index contributed by atoms with van der Waals surface area (Å²) in [5.41, 5.74) is 3.15. The molecular formula is C18H25NO. The summed E-state index contributed by atoms with van der Waals surface area (Å²) in [6, 6.07) is 9.00. The largest absolute Gasteiger partial charge is 0.392 e. The van der Waals surface area contributed by atoms with Gasteiger partial charge in [-0.1, -0.05) is 26.0 Å². The summed E-state index contributed by atoms with van der Waals surface area (Å²) in [6.07, 6.45) is 2.43. The van der Waals surface area contributed by atoms with Crippen molar-refractivity contribution < 1.29 is 5.11 Å². The van der Waals surface area contributed by atoms with E-state index in [1.165, 1.54) is 24.1 Å². The Morgan fingerprint density at radius 2 is 1.80 bits per heavy atom. The lowest BCUT2D eigenvalue weighted by atomic mass is 9.50. The minimum absolute atomic E-state index is 0.0928. The van der Waals surface area contributed by atoms with Gasteiger partial charge < -0.3 is 10.0 Å². The molecule has 1 N–H and O–H groups in total. The van der Waals surface area contributed by atoms with E-state index in [0.29, 0.717) is 17.3 Å². The Balaban J connectivity index is 1.72. The maximum Gasteiger partial charge on any atom is 0.0636 e. The Kier molecular flexibility index (Phi) is 2.28. The zero-order valence-corrected chi connectivity index (χ0v) is 12.9. The summed E-state index contributed by atoms with van der Waals surface area (Å²) in [6.45, 7) is 4.76. The monoisotopic (exact) mass is 271 g/mol. The van der Waals surface area contributed by atoms with Gasteiger partial charge in [0.1, 0.15) is 0 Å². The van der Waals surface area contributed by atoms with Crippen LogP contribution in [0.4, 0.5) is 5.69 Å². The summed E-state index contributed by atoms with van der Waals surface area (Å²) in [5, 5.41) is 10.7. The summed E-state index contributed by atoms with van der Waals surface area (Å²) in [4.78, 5) is 2.14. The zero-order chi connectivity index (χ0) is 14.3. The Bertz CT molecular complexity index is 549. The Labute approximate surface area is 121 Å². The van der Waals surface area contributed by atoms with Crippen molar-refractivity contribution in [3.8, 4) is 0 Å². The molecule has 4 bridgehead atoms. The number of hydrogen-bond donors (Lipinski definition) is 1. The first-order valence-electron chi connectivity index (χ1n) is 7.86. The number of benzene rings is 1. The van der Waals surface area contributed by atoms with E-state index in [0.717, 1.165) is 5.92 Å². The van der Waals surface area contributed by atoms with Crippen LogP contribution in [-0.2, 0) is 0 Å². The van der Waals surface area contributed by atoms with E-state index in [2.05, 4.69) is 57.1 Å². The van der Waals surface area contributed by atoms with Crippen LogP contribution in [0.3, 0.4) is 0 Å². The first kappa shape index (κ1) is 12.7. The Morgan fingerprint density at radius 1 is 1.15 bits per heavy atom. The lowest BCUT2D eigenvalue weighted by molar-refractivity contribution is -0.00531. The predicted octanol–water partition coefficient (Wildman–Crippen LogP) is 3.26. The molecule has 5 rings (SSSR count). The van der Waals surface area contributed by atoms with Crippen molar-refractivity contribution in [2.45, 2.75) is 38.7 Å². The molecule has 0 radical (unpaired) electrons. The average Bonchev–Trinajstić information content (AvgIpc) is 2.79. The molecule has 2 heteroatoms. The smallest absolute Gasteiger partial charge is 0.0636 e. The van der Waals surface area contributed by atoms with Crippen LogP contribution < -0.4 is 4.90 Å². The van der Waals surface area contributed by atoms with E-state index in [-0.39, 0.29) is 11.5 Å². The van der Waals surface area contributed by atoms with Gasteiger partial charge in [-0.15, -0.1) is 0 Å². The topological polar surface area (TPSA) is 23.5 Å². The van der Waals surface area contributed by atoms with Gasteiger partial charge in [-0.25, -0.2) is 0 Å². The van der Waals surface area contributed by atoms with Crippen LogP contribution in [0, 0.1) is 22.7 Å². The van der Waals surface area contributed by atoms with Gasteiger partial charge in [0.25, 0.3) is 0 Å². The van der Waals surface area contributed by atoms with Gasteiger partial charge >= 0.3 is 0 Å². The molecule has 0 aliphatic heterocycles. The molecule has 4 fully saturated rings. The molecule has 20 heavy (non-hydrogen) atoms. The van der Waals surface area contributed by atoms with E-state index in [9.17, 15) is 5.11 Å². The highest BCUT2D eigenvalue weighted by Gasteiger charge is 2.80. The fourth-order valence-corrected chi connectivity index (χ4v) is 5.98. The fraction of sp³-hybridized carbons (Fsp3) is 0.667. The van der Waals surface area contributed by atoms with Gasteiger partial charge in [0.2, 0.25) is 0 Å². The van der Waals surface area contributed by atoms with Gasteiger partial charge in [0.05, 0.1) is 6.10 Å². The third kappa shape index (κ3) is 1.13. The van der Waals surface area contributed by atoms with Crippen molar-refractivity contribution in [1.82, 2.24) is 0 Å². The van der Waals surface area contributed by atoms with Crippen LogP contribution >= 0.6 is 0 Å². The number of aliphatic hydroxyl groups excluding tert-OH is 1. The summed E-state index contributed by atoms with van der Waals surface area (Å²) >= 11 is 0. The molecule has 2 nitrogen and oxygen atoms in total. The molecule has 1 aromatic carbocycles. The predicted molar refractivity (Wildman–Crippen MR) is 81.9 cm³/mol. The van der Waals surface area contributed by atoms with Crippen molar-refractivity contribution >= 4 is 5.69 Å². The molecule has 0 aromatic heterocycles. The highest BCUT2D eigenvalue weighted by atomic mass is 16.3. The summed E-state index contributed by atoms with van der Waals surface area (Å²) in [7, 11) is 4.16. The minimum atomic E-state index is -0.0928. The van der Waals surface area contributed by atoms with E-state index in [4.69, 9.17) is 0 Å². The first-order chi connectivity index (χ1) is 9.41. The number of aliphatic hydroxyl groups is 1. The lowest BCUT2D eigenvalue weighted by Crippen LogP contribution is -2.47. The molecule has 1 aromatic rings. The second-order valence-electron chi connectivity index (χ2n) is 7.83. The molecule has 6 unspecified atom stereocenters. The van der Waals surface area contributed by atoms with Gasteiger partial charge in [0.15, 0.2) is 0 Å². The molecule has 4 aliphatic carbocycles. The average molecular weight is 271 g/mol. The maximum absolute atomic E-state index is 10.7. The third-order valence-electron chi connectivity index (χ3n) is 7.26. The Morgan fingerprint density at radius 3 is 2.25 bits per heavy atom. The van der Waals surface area contributed by atoms with Crippen LogP contribution in [0.1, 0.15) is 38.2 Å². The van der Waals surface area contributed by atoms with Crippen LogP contribution in [0.15, 0.2) is 24.3 Å². The number of rotatable bonds is 2. The number of anilines is 1. The minimum Gasteiger partial charge on any atom is -0.392 e. The molecule has 4 aliphatic rings. The molecule has 0 saturated heterocycles. The van der Waals surface area contributed by atoms with Crippen molar-refractivity contribution in [2.75, 3.05) is 19.0 Å². The van der Waals surface area contributed by atoms with E-state index < -0.39 is 0 Å². The van der Waals surface area contributed by atoms with Crippen LogP contribution in [0.5, 0.6) is 0 Å². The van der Waals surface area contributed by atoms with Crippen molar-refractivity contribution in [3.05, 3.63) is 29.8 Å². The molecule has 0 heterocycles. The Hall–Kier alpha value is -1.02. The number of hydrogen-bond acceptors (Lipinski definition) is 2. The van der Waals surface area contributed by atoms with Crippen LogP contribution in [0.2, 0.25) is 0 Å². The van der Waals surface area contributed by atoms with Crippen molar-refractivity contribution in [3.63, 3.8) is 0 Å². The highest BCUT2D eigenvalue weighted by molar-refractivity contribution is 5.49. The molecule has 0 spiro atoms. The number of nitrogens with zero attached hydrogens (tertiary/aromatic N) is 1. The quantitative estimate of drug-likeness (QED) is 0.892. The van der Waals surface area contributed by atoms with Crippen molar-refractivity contribution in [1.29, 1.82) is 0 Å². The van der Waals surface area contributed by atoms with E-state index >= 15 is 0 Å². The molecule has 108 valence electrons. The van der Waals surface area contributed by atoms with E-state index in [1.54, 1.807) is 0 Å². The van der Waals surface area contributed by atoms with Gasteiger partial charge in [-0.3, -0.25) is 0 Å². The summed E-state index contributed by atoms with van der Waals surface area (Å²) < 4.78 is 0. The van der Waals surface area contributed by atoms with Gasteiger partial charge in [-0.05, 0) is 53.7 Å². The SMILES string of the molecule is CN(C)c1ccc(C2C3C(O)C4(C)CCC3C24C)cc1. The second-order valence-corrected chi connectivity index (χ2v) is 7.83. The third-order valence-corrected chi connectivity index (χ3v) is 7.26. The van der Waals surface area contributed by atoms with Crippen LogP contribution in [-0.4, -0.2) is 25.3 Å². The second kappa shape index (κ2) is 3.59. The molecule has 4 saturated carbocycles. The summed E-state index contributed by atoms with van der Waals surface area (Å²) in [5.74, 6) is 1.82. The zero-order valence-electron chi connectivity index (χ0n) is 12.9. The first-order valence-corrected chi connectivity index (χ1v) is 7.86. The molecule has 6 atom stereocenters.